The average Bonchev–Trinajstić information content (AvgIpc) is 3.82. The Bertz CT molecular complexity index is 2980. The molecule has 0 saturated carbocycles. The molecule has 0 spiro atoms. The van der Waals surface area contributed by atoms with Crippen LogP contribution in [0.15, 0.2) is 140 Å². The van der Waals surface area contributed by atoms with Crippen LogP contribution in [0.5, 0.6) is 0 Å². The second kappa shape index (κ2) is 17.4. The Morgan fingerprint density at radius 1 is 0.789 bits per heavy atom. The Labute approximate surface area is 363 Å². The van der Waals surface area contributed by atoms with Crippen molar-refractivity contribution in [2.45, 2.75) is 50.9 Å². The summed E-state index contributed by atoms with van der Waals surface area (Å²) >= 11 is -0.378. The first kappa shape index (κ1) is 34.3. The summed E-state index contributed by atoms with van der Waals surface area (Å²) in [5.74, 6) is 7.69. The monoisotopic (exact) mass is 1010 g/mol. The number of fused-ring (bicyclic) bond motifs is 4. The molecular formula is C50H46GeIrN4S-2. The summed E-state index contributed by atoms with van der Waals surface area (Å²) in [5, 5.41) is 2.24. The van der Waals surface area contributed by atoms with Crippen molar-refractivity contribution in [3.8, 4) is 33.9 Å². The summed E-state index contributed by atoms with van der Waals surface area (Å²) < 4.78 is 45.8. The van der Waals surface area contributed by atoms with E-state index in [1.165, 1.54) is 9.96 Å². The molecule has 4 aromatic heterocycles. The minimum Gasteiger partial charge on any atom is 0 e. The third-order valence-electron chi connectivity index (χ3n) is 9.73. The molecule has 0 N–H and O–H groups in total. The van der Waals surface area contributed by atoms with Crippen LogP contribution in [0.4, 0.5) is 0 Å². The van der Waals surface area contributed by atoms with Gasteiger partial charge in [0.15, 0.2) is 0 Å². The van der Waals surface area contributed by atoms with E-state index in [0.29, 0.717) is 17.7 Å². The summed E-state index contributed by atoms with van der Waals surface area (Å²) in [7, 11) is 0. The van der Waals surface area contributed by atoms with Gasteiger partial charge in [0.2, 0.25) is 0 Å². The van der Waals surface area contributed by atoms with Crippen molar-refractivity contribution in [2.75, 3.05) is 0 Å². The van der Waals surface area contributed by atoms with Crippen LogP contribution in [-0.2, 0) is 33.0 Å². The Morgan fingerprint density at radius 2 is 1.54 bits per heavy atom. The summed E-state index contributed by atoms with van der Waals surface area (Å²) in [6.45, 7) is 2.41. The van der Waals surface area contributed by atoms with Crippen molar-refractivity contribution in [1.29, 1.82) is 0 Å². The van der Waals surface area contributed by atoms with Gasteiger partial charge in [-0.2, -0.15) is 11.3 Å². The number of rotatable bonds is 8. The molecule has 57 heavy (non-hydrogen) atoms. The molecule has 0 aliphatic rings. The van der Waals surface area contributed by atoms with Crippen LogP contribution in [0, 0.1) is 24.9 Å². The van der Waals surface area contributed by atoms with Crippen LogP contribution in [0.1, 0.15) is 37.4 Å². The van der Waals surface area contributed by atoms with Gasteiger partial charge in [-0.15, -0.1) is 18.2 Å². The van der Waals surface area contributed by atoms with Gasteiger partial charge < -0.3 is 4.57 Å². The Kier molecular flexibility index (Phi) is 10.5. The van der Waals surface area contributed by atoms with Gasteiger partial charge in [0.1, 0.15) is 0 Å². The van der Waals surface area contributed by atoms with Crippen molar-refractivity contribution in [3.05, 3.63) is 169 Å². The van der Waals surface area contributed by atoms with E-state index in [9.17, 15) is 0 Å². The van der Waals surface area contributed by atoms with E-state index in [4.69, 9.17) is 16.8 Å². The molecule has 0 aliphatic carbocycles. The van der Waals surface area contributed by atoms with Crippen LogP contribution >= 0.6 is 11.3 Å². The fourth-order valence-electron chi connectivity index (χ4n) is 6.91. The van der Waals surface area contributed by atoms with Crippen molar-refractivity contribution < 1.29 is 27.0 Å². The number of hydrogen-bond acceptors (Lipinski definition) is 4. The Hall–Kier alpha value is -4.72. The molecule has 0 atom stereocenters. The van der Waals surface area contributed by atoms with Crippen molar-refractivity contribution in [3.63, 3.8) is 0 Å². The molecule has 9 aromatic rings. The minimum absolute atomic E-state index is 0. The van der Waals surface area contributed by atoms with Crippen LogP contribution in [0.25, 0.3) is 65.1 Å². The largest absolute Gasteiger partial charge is 0 e. The van der Waals surface area contributed by atoms with E-state index in [-0.39, 0.29) is 26.0 Å². The zero-order valence-electron chi connectivity index (χ0n) is 37.6. The van der Waals surface area contributed by atoms with E-state index in [2.05, 4.69) is 93.5 Å². The Morgan fingerprint density at radius 3 is 2.28 bits per heavy atom. The van der Waals surface area contributed by atoms with Gasteiger partial charge in [-0.05, 0) is 40.7 Å². The number of nitrogens with zero attached hydrogens (tertiary/aromatic N) is 4. The summed E-state index contributed by atoms with van der Waals surface area (Å²) in [5.41, 5.74) is 8.53. The number of aromatic nitrogens is 4. The third-order valence-corrected chi connectivity index (χ3v) is 15.2. The second-order valence-corrected chi connectivity index (χ2v) is 26.9. The van der Waals surface area contributed by atoms with Gasteiger partial charge in [0, 0.05) is 42.5 Å². The Balaban J connectivity index is 0.000000215. The second-order valence-electron chi connectivity index (χ2n) is 15.3. The normalized spacial score (nSPS) is 13.3. The standard InChI is InChI=1S/C32H22N3S.C18H24GeN.Ir/c1-21-14-16-23(17-15-21)29-31-25(18-19-33-29)24-10-7-11-26(30(24)36-31)32-34-27-12-5-6-13-28(27)35(32)20-22-8-3-2-4-9-22;1-14(2)11-16-12-17(19(3,4)5)13-20-18(16)15-9-7-6-8-10-15;/h2-10,12-19H,20H2,1H3;6-9,12-14H,11H2,1-5H3;/q2*-1;/i1D3;11D2;. The maximum Gasteiger partial charge on any atom is 0 e. The number of imidazole rings is 1. The van der Waals surface area contributed by atoms with Gasteiger partial charge in [0.25, 0.3) is 0 Å². The smallest absolute Gasteiger partial charge is 0 e. The molecule has 0 saturated heterocycles. The number of para-hydroxylation sites is 2. The quantitative estimate of drug-likeness (QED) is 0.113. The van der Waals surface area contributed by atoms with Gasteiger partial charge in [0.05, 0.1) is 27.3 Å². The topological polar surface area (TPSA) is 43.6 Å². The number of hydrogen-bond donors (Lipinski definition) is 0. The number of aryl methyl sites for hydroxylation is 1. The summed E-state index contributed by atoms with van der Waals surface area (Å²) in [4.78, 5) is 14.4. The number of thiophene rings is 1. The maximum atomic E-state index is 8.55. The average molecular weight is 1000 g/mol. The first-order valence-corrected chi connectivity index (χ1v) is 27.1. The first-order chi connectivity index (χ1) is 29.1. The van der Waals surface area contributed by atoms with Gasteiger partial charge >= 0.3 is 128 Å². The van der Waals surface area contributed by atoms with E-state index in [1.54, 1.807) is 23.5 Å². The van der Waals surface area contributed by atoms with Crippen molar-refractivity contribution in [2.24, 2.45) is 5.92 Å². The number of benzene rings is 5. The predicted molar refractivity (Wildman–Crippen MR) is 240 cm³/mol. The molecule has 0 bridgehead atoms. The SMILES string of the molecule is [2H]C([2H])([2H])c1ccc(-c2nccc3c2sc2c(-c4nc5ccccc5n4Cc4ccccc4)[c-]ccc23)cc1.[2H]C([2H])(c1c[c]([Ge]([CH3])([CH3])[CH3])cnc1-c1[c-]cccc1)C(C)C.[Ir]. The molecule has 5 aromatic carbocycles. The van der Waals surface area contributed by atoms with Gasteiger partial charge in [-0.3, -0.25) is 9.97 Å². The number of pyridine rings is 2. The first-order valence-electron chi connectivity index (χ1n) is 21.4. The third kappa shape index (κ3) is 8.75. The summed E-state index contributed by atoms with van der Waals surface area (Å²) in [6, 6.07) is 48.2. The fraction of sp³-hybridized carbons (Fsp3) is 0.180. The zero-order valence-corrected chi connectivity index (χ0v) is 37.9. The molecule has 287 valence electrons. The van der Waals surface area contributed by atoms with Crippen LogP contribution in [0.2, 0.25) is 17.3 Å². The van der Waals surface area contributed by atoms with E-state index >= 15 is 0 Å². The summed E-state index contributed by atoms with van der Waals surface area (Å²) in [6.07, 6.45) is 2.36. The molecule has 0 aliphatic heterocycles. The van der Waals surface area contributed by atoms with E-state index in [1.807, 2.05) is 86.9 Å². The van der Waals surface area contributed by atoms with Crippen LogP contribution in [-0.4, -0.2) is 32.8 Å². The van der Waals surface area contributed by atoms with Gasteiger partial charge in [-0.25, -0.2) is 0 Å². The molecule has 0 unspecified atom stereocenters. The molecule has 7 heteroatoms. The molecule has 0 fully saturated rings. The van der Waals surface area contributed by atoms with E-state index in [0.717, 1.165) is 65.1 Å². The fourth-order valence-corrected chi connectivity index (χ4v) is 10.4. The van der Waals surface area contributed by atoms with Crippen molar-refractivity contribution in [1.82, 2.24) is 19.5 Å². The van der Waals surface area contributed by atoms with Crippen molar-refractivity contribution >= 4 is 60.2 Å². The minimum atomic E-state index is -2.13. The van der Waals surface area contributed by atoms with E-state index < -0.39 is 26.5 Å². The molecular weight excluding hydrogens is 953 g/mol. The van der Waals surface area contributed by atoms with Crippen LogP contribution in [0.3, 0.4) is 0 Å². The maximum absolute atomic E-state index is 8.55. The molecule has 4 nitrogen and oxygen atoms in total. The molecule has 1 radical (unpaired) electrons. The molecule has 9 rings (SSSR count). The van der Waals surface area contributed by atoms with Crippen LogP contribution < -0.4 is 4.40 Å². The molecule has 0 amide bonds. The zero-order chi connectivity index (χ0) is 43.1. The predicted octanol–water partition coefficient (Wildman–Crippen LogP) is 12.6. The molecule has 4 heterocycles. The van der Waals surface area contributed by atoms with Gasteiger partial charge in [-0.1, -0.05) is 83.2 Å².